The van der Waals surface area contributed by atoms with Crippen molar-refractivity contribution in [3.63, 3.8) is 0 Å². The molecular weight excluding hydrogens is 265 g/mol. The maximum Gasteiger partial charge on any atom is 0.418 e. The highest BCUT2D eigenvalue weighted by Crippen LogP contribution is 2.39. The van der Waals surface area contributed by atoms with E-state index >= 15 is 0 Å². The lowest BCUT2D eigenvalue weighted by Gasteiger charge is -2.32. The zero-order valence-electron chi connectivity index (χ0n) is 11.7. The number of nitrogens with two attached hydrogens (primary N) is 1. The molecule has 0 aromatic heterocycles. The molecule has 0 aliphatic heterocycles. The number of nitrogens with zero attached hydrogens (tertiary/aromatic N) is 1. The van der Waals surface area contributed by atoms with Gasteiger partial charge in [0.25, 0.3) is 0 Å². The Morgan fingerprint density at radius 1 is 1.25 bits per heavy atom. The lowest BCUT2D eigenvalue weighted by Crippen LogP contribution is -2.34. The predicted octanol–water partition coefficient (Wildman–Crippen LogP) is 3.93. The van der Waals surface area contributed by atoms with E-state index in [1.165, 1.54) is 6.07 Å². The second-order valence-electron chi connectivity index (χ2n) is 5.28. The molecule has 0 unspecified atom stereocenters. The summed E-state index contributed by atoms with van der Waals surface area (Å²) in [5.41, 5.74) is 5.71. The number of alkyl halides is 3. The normalized spacial score (nSPS) is 16.6. The predicted molar refractivity (Wildman–Crippen MR) is 74.6 cm³/mol. The molecule has 0 bridgehead atoms. The summed E-state index contributed by atoms with van der Waals surface area (Å²) in [6, 6.07) is 4.69. The second kappa shape index (κ2) is 6.04. The van der Waals surface area contributed by atoms with Crippen molar-refractivity contribution in [1.29, 1.82) is 0 Å². The Labute approximate surface area is 117 Å². The fourth-order valence-electron chi connectivity index (χ4n) is 3.03. The highest BCUT2D eigenvalue weighted by Gasteiger charge is 2.36. The molecule has 1 aliphatic rings. The van der Waals surface area contributed by atoms with E-state index in [0.717, 1.165) is 25.7 Å². The van der Waals surface area contributed by atoms with Gasteiger partial charge in [-0.05, 0) is 37.5 Å². The first-order chi connectivity index (χ1) is 9.47. The summed E-state index contributed by atoms with van der Waals surface area (Å²) in [7, 11) is 0. The van der Waals surface area contributed by atoms with Crippen LogP contribution >= 0.6 is 0 Å². The summed E-state index contributed by atoms with van der Waals surface area (Å²) in [5, 5.41) is 0. The standard InChI is InChI=1S/C15H21F3N2/c1-2-20(12-5-3-4-6-12)14-8-7-11(10-19)9-13(14)15(16,17)18/h7-9,12H,2-6,10,19H2,1H3. The van der Waals surface area contributed by atoms with Crippen LogP contribution in [0.15, 0.2) is 18.2 Å². The molecule has 5 heteroatoms. The Bertz CT molecular complexity index is 451. The van der Waals surface area contributed by atoms with Gasteiger partial charge in [-0.25, -0.2) is 0 Å². The fourth-order valence-corrected chi connectivity index (χ4v) is 3.03. The van der Waals surface area contributed by atoms with Gasteiger partial charge >= 0.3 is 6.18 Å². The van der Waals surface area contributed by atoms with Crippen LogP contribution in [0, 0.1) is 0 Å². The van der Waals surface area contributed by atoms with Crippen molar-refractivity contribution in [2.75, 3.05) is 11.4 Å². The molecule has 20 heavy (non-hydrogen) atoms. The van der Waals surface area contributed by atoms with Crippen molar-refractivity contribution in [1.82, 2.24) is 0 Å². The summed E-state index contributed by atoms with van der Waals surface area (Å²) >= 11 is 0. The topological polar surface area (TPSA) is 29.3 Å². The number of hydrogen-bond donors (Lipinski definition) is 1. The van der Waals surface area contributed by atoms with Crippen LogP contribution in [0.1, 0.15) is 43.7 Å². The van der Waals surface area contributed by atoms with E-state index < -0.39 is 11.7 Å². The molecule has 2 rings (SSSR count). The summed E-state index contributed by atoms with van der Waals surface area (Å²) in [6.07, 6.45) is -0.188. The molecule has 0 spiro atoms. The van der Waals surface area contributed by atoms with Gasteiger partial charge in [0.2, 0.25) is 0 Å². The van der Waals surface area contributed by atoms with Gasteiger partial charge in [0.05, 0.1) is 5.56 Å². The Hall–Kier alpha value is -1.23. The molecule has 1 saturated carbocycles. The first-order valence-corrected chi connectivity index (χ1v) is 7.14. The molecule has 0 heterocycles. The van der Waals surface area contributed by atoms with Gasteiger partial charge < -0.3 is 10.6 Å². The van der Waals surface area contributed by atoms with Gasteiger partial charge in [-0.15, -0.1) is 0 Å². The van der Waals surface area contributed by atoms with Crippen molar-refractivity contribution in [2.45, 2.75) is 51.4 Å². The molecule has 0 amide bonds. The van der Waals surface area contributed by atoms with E-state index in [1.54, 1.807) is 12.1 Å². The third-order valence-corrected chi connectivity index (χ3v) is 4.02. The van der Waals surface area contributed by atoms with Gasteiger partial charge in [0, 0.05) is 24.8 Å². The van der Waals surface area contributed by atoms with Crippen LogP contribution in [-0.2, 0) is 12.7 Å². The Kier molecular flexibility index (Phi) is 4.58. The van der Waals surface area contributed by atoms with Crippen molar-refractivity contribution in [2.24, 2.45) is 5.73 Å². The monoisotopic (exact) mass is 286 g/mol. The molecule has 0 saturated heterocycles. The zero-order chi connectivity index (χ0) is 14.8. The molecule has 1 aromatic carbocycles. The molecular formula is C15H21F3N2. The zero-order valence-corrected chi connectivity index (χ0v) is 11.7. The maximum atomic E-state index is 13.3. The minimum Gasteiger partial charge on any atom is -0.368 e. The first-order valence-electron chi connectivity index (χ1n) is 7.14. The third kappa shape index (κ3) is 3.08. The minimum absolute atomic E-state index is 0.124. The van der Waals surface area contributed by atoms with E-state index in [1.807, 2.05) is 11.8 Å². The summed E-state index contributed by atoms with van der Waals surface area (Å²) in [6.45, 7) is 2.63. The highest BCUT2D eigenvalue weighted by molar-refractivity contribution is 5.57. The Balaban J connectivity index is 2.42. The van der Waals surface area contributed by atoms with E-state index in [-0.39, 0.29) is 12.6 Å². The van der Waals surface area contributed by atoms with Crippen LogP contribution < -0.4 is 10.6 Å². The van der Waals surface area contributed by atoms with E-state index in [0.29, 0.717) is 17.8 Å². The van der Waals surface area contributed by atoms with E-state index in [9.17, 15) is 13.2 Å². The van der Waals surface area contributed by atoms with Gasteiger partial charge in [-0.3, -0.25) is 0 Å². The molecule has 1 aliphatic carbocycles. The Morgan fingerprint density at radius 2 is 1.90 bits per heavy atom. The smallest absolute Gasteiger partial charge is 0.368 e. The Morgan fingerprint density at radius 3 is 2.40 bits per heavy atom. The van der Waals surface area contributed by atoms with Gasteiger partial charge in [0.1, 0.15) is 0 Å². The number of rotatable bonds is 4. The maximum absolute atomic E-state index is 13.3. The summed E-state index contributed by atoms with van der Waals surface area (Å²) in [4.78, 5) is 1.90. The van der Waals surface area contributed by atoms with Crippen LogP contribution in [0.4, 0.5) is 18.9 Å². The van der Waals surface area contributed by atoms with Crippen LogP contribution in [0.25, 0.3) is 0 Å². The summed E-state index contributed by atoms with van der Waals surface area (Å²) < 4.78 is 39.8. The number of anilines is 1. The summed E-state index contributed by atoms with van der Waals surface area (Å²) in [5.74, 6) is 0. The lowest BCUT2D eigenvalue weighted by atomic mass is 10.0. The van der Waals surface area contributed by atoms with Crippen LogP contribution in [0.5, 0.6) is 0 Å². The lowest BCUT2D eigenvalue weighted by molar-refractivity contribution is -0.137. The van der Waals surface area contributed by atoms with Crippen molar-refractivity contribution < 1.29 is 13.2 Å². The highest BCUT2D eigenvalue weighted by atomic mass is 19.4. The SMILES string of the molecule is CCN(c1ccc(CN)cc1C(F)(F)F)C1CCCC1. The van der Waals surface area contributed by atoms with Gasteiger partial charge in [-0.2, -0.15) is 13.2 Å². The first kappa shape index (κ1) is 15.2. The number of hydrogen-bond acceptors (Lipinski definition) is 2. The van der Waals surface area contributed by atoms with Crippen molar-refractivity contribution in [3.05, 3.63) is 29.3 Å². The molecule has 1 aromatic rings. The largest absolute Gasteiger partial charge is 0.418 e. The quantitative estimate of drug-likeness (QED) is 0.908. The minimum atomic E-state index is -4.34. The molecule has 112 valence electrons. The van der Waals surface area contributed by atoms with Gasteiger partial charge in [-0.1, -0.05) is 18.9 Å². The average Bonchev–Trinajstić information content (AvgIpc) is 2.92. The van der Waals surface area contributed by atoms with E-state index in [2.05, 4.69) is 0 Å². The van der Waals surface area contributed by atoms with Crippen molar-refractivity contribution >= 4 is 5.69 Å². The number of benzene rings is 1. The molecule has 2 nitrogen and oxygen atoms in total. The molecule has 0 radical (unpaired) electrons. The third-order valence-electron chi connectivity index (χ3n) is 4.02. The fraction of sp³-hybridized carbons (Fsp3) is 0.600. The molecule has 0 atom stereocenters. The van der Waals surface area contributed by atoms with Crippen molar-refractivity contribution in [3.8, 4) is 0 Å². The van der Waals surface area contributed by atoms with Crippen LogP contribution in [0.3, 0.4) is 0 Å². The van der Waals surface area contributed by atoms with E-state index in [4.69, 9.17) is 5.73 Å². The average molecular weight is 286 g/mol. The van der Waals surface area contributed by atoms with Crippen LogP contribution in [-0.4, -0.2) is 12.6 Å². The molecule has 1 fully saturated rings. The molecule has 2 N–H and O–H groups in total. The van der Waals surface area contributed by atoms with Crippen LogP contribution in [0.2, 0.25) is 0 Å². The second-order valence-corrected chi connectivity index (χ2v) is 5.28. The van der Waals surface area contributed by atoms with Gasteiger partial charge in [0.15, 0.2) is 0 Å². The number of halogens is 3.